The maximum atomic E-state index is 13.4. The second-order valence-electron chi connectivity index (χ2n) is 8.79. The first kappa shape index (κ1) is 23.0. The van der Waals surface area contributed by atoms with Gasteiger partial charge in [0.1, 0.15) is 5.75 Å². The SMILES string of the molecule is Cc1ccc(CCc2ccc3c(c2)OC[C@H]3CC(=O)O)c(C)c1-c1c(C)nn(C(F)F)c1C. The van der Waals surface area contributed by atoms with Crippen LogP contribution >= 0.6 is 0 Å². The Balaban J connectivity index is 1.59. The topological polar surface area (TPSA) is 64.3 Å². The summed E-state index contributed by atoms with van der Waals surface area (Å²) in [6.07, 6.45) is 1.65. The molecule has 0 saturated carbocycles. The van der Waals surface area contributed by atoms with Crippen LogP contribution in [0.4, 0.5) is 8.78 Å². The van der Waals surface area contributed by atoms with Crippen LogP contribution in [0.1, 0.15) is 58.1 Å². The Bertz CT molecular complexity index is 1220. The van der Waals surface area contributed by atoms with Gasteiger partial charge in [0.15, 0.2) is 0 Å². The van der Waals surface area contributed by atoms with Crippen LogP contribution in [-0.2, 0) is 17.6 Å². The molecule has 2 heterocycles. The Morgan fingerprint density at radius 2 is 1.91 bits per heavy atom. The Kier molecular flexibility index (Phi) is 6.23. The molecule has 5 nitrogen and oxygen atoms in total. The number of ether oxygens (including phenoxy) is 1. The fourth-order valence-electron chi connectivity index (χ4n) is 4.90. The average Bonchev–Trinajstić information content (AvgIpc) is 3.28. The fraction of sp³-hybridized carbons (Fsp3) is 0.385. The fourth-order valence-corrected chi connectivity index (χ4v) is 4.90. The van der Waals surface area contributed by atoms with E-state index in [4.69, 9.17) is 9.84 Å². The standard InChI is InChI=1S/C26H28F2N2O3/c1-14-5-8-19(15(2)24(14)25-16(3)29-30(17(25)4)26(27)28)9-6-18-7-10-21-20(12-23(31)32)13-33-22(21)11-18/h5,7-8,10-11,20,26H,6,9,12-13H2,1-4H3,(H,31,32)/t20-/m1/s1. The first-order valence-corrected chi connectivity index (χ1v) is 11.1. The summed E-state index contributed by atoms with van der Waals surface area (Å²) in [4.78, 5) is 11.1. The van der Waals surface area contributed by atoms with Crippen molar-refractivity contribution in [2.24, 2.45) is 0 Å². The van der Waals surface area contributed by atoms with Crippen molar-refractivity contribution in [3.05, 3.63) is 69.5 Å². The number of aromatic nitrogens is 2. The summed E-state index contributed by atoms with van der Waals surface area (Å²) in [5.74, 6) is -0.157. The van der Waals surface area contributed by atoms with Crippen LogP contribution in [0.5, 0.6) is 5.75 Å². The van der Waals surface area contributed by atoms with Gasteiger partial charge in [0.2, 0.25) is 0 Å². The van der Waals surface area contributed by atoms with Gasteiger partial charge in [0.25, 0.3) is 0 Å². The molecule has 1 aliphatic heterocycles. The van der Waals surface area contributed by atoms with E-state index in [1.807, 2.05) is 38.1 Å². The third kappa shape index (κ3) is 4.36. The maximum Gasteiger partial charge on any atom is 0.333 e. The molecular weight excluding hydrogens is 426 g/mol. The minimum atomic E-state index is -2.67. The van der Waals surface area contributed by atoms with Crippen molar-refractivity contribution in [1.29, 1.82) is 0 Å². The Hall–Kier alpha value is -3.22. The molecule has 0 bridgehead atoms. The second kappa shape index (κ2) is 8.96. The first-order chi connectivity index (χ1) is 15.7. The molecule has 174 valence electrons. The molecule has 1 atom stereocenters. The first-order valence-electron chi connectivity index (χ1n) is 11.1. The summed E-state index contributed by atoms with van der Waals surface area (Å²) in [7, 11) is 0. The summed E-state index contributed by atoms with van der Waals surface area (Å²) in [5, 5.41) is 13.1. The highest BCUT2D eigenvalue weighted by Gasteiger charge is 2.26. The molecule has 1 aliphatic rings. The van der Waals surface area contributed by atoms with Crippen molar-refractivity contribution in [3.63, 3.8) is 0 Å². The van der Waals surface area contributed by atoms with Gasteiger partial charge >= 0.3 is 12.5 Å². The summed E-state index contributed by atoms with van der Waals surface area (Å²) >= 11 is 0. The molecule has 7 heteroatoms. The van der Waals surface area contributed by atoms with E-state index in [2.05, 4.69) is 11.2 Å². The van der Waals surface area contributed by atoms with Gasteiger partial charge in [-0.25, -0.2) is 4.68 Å². The van der Waals surface area contributed by atoms with E-state index < -0.39 is 12.5 Å². The molecule has 1 aromatic heterocycles. The summed E-state index contributed by atoms with van der Waals surface area (Å²) in [5.41, 5.74) is 8.16. The normalized spacial score (nSPS) is 15.1. The number of hydrogen-bond acceptors (Lipinski definition) is 3. The smallest absolute Gasteiger partial charge is 0.333 e. The molecular formula is C26H28F2N2O3. The number of nitrogens with zero attached hydrogens (tertiary/aromatic N) is 2. The number of benzene rings is 2. The van der Waals surface area contributed by atoms with E-state index in [1.165, 1.54) is 0 Å². The third-order valence-corrected chi connectivity index (χ3v) is 6.61. The molecule has 0 radical (unpaired) electrons. The van der Waals surface area contributed by atoms with Gasteiger partial charge in [-0.15, -0.1) is 0 Å². The molecule has 1 N–H and O–H groups in total. The van der Waals surface area contributed by atoms with Crippen LogP contribution < -0.4 is 4.74 Å². The maximum absolute atomic E-state index is 13.4. The lowest BCUT2D eigenvalue weighted by molar-refractivity contribution is -0.137. The summed E-state index contributed by atoms with van der Waals surface area (Å²) < 4.78 is 33.3. The Morgan fingerprint density at radius 3 is 2.58 bits per heavy atom. The summed E-state index contributed by atoms with van der Waals surface area (Å²) in [6, 6.07) is 10.2. The van der Waals surface area contributed by atoms with E-state index in [0.717, 1.165) is 62.2 Å². The zero-order valence-electron chi connectivity index (χ0n) is 19.3. The molecule has 33 heavy (non-hydrogen) atoms. The average molecular weight is 455 g/mol. The van der Waals surface area contributed by atoms with Crippen molar-refractivity contribution in [2.75, 3.05) is 6.61 Å². The molecule has 2 aromatic carbocycles. The van der Waals surface area contributed by atoms with Crippen LogP contribution in [0.15, 0.2) is 30.3 Å². The lowest BCUT2D eigenvalue weighted by Gasteiger charge is -2.16. The van der Waals surface area contributed by atoms with Crippen LogP contribution in [0.3, 0.4) is 0 Å². The number of aliphatic carboxylic acids is 1. The minimum absolute atomic E-state index is 0.0681. The minimum Gasteiger partial charge on any atom is -0.493 e. The number of halogens is 2. The number of carboxylic acid groups (broad SMARTS) is 1. The molecule has 0 spiro atoms. The van der Waals surface area contributed by atoms with E-state index >= 15 is 0 Å². The molecule has 0 aliphatic carbocycles. The molecule has 0 amide bonds. The largest absolute Gasteiger partial charge is 0.493 e. The number of aryl methyl sites for hydroxylation is 4. The molecule has 0 unspecified atom stereocenters. The van der Waals surface area contributed by atoms with Gasteiger partial charge in [0.05, 0.1) is 18.7 Å². The van der Waals surface area contributed by atoms with Gasteiger partial charge in [-0.3, -0.25) is 4.79 Å². The quantitative estimate of drug-likeness (QED) is 0.482. The molecule has 0 fully saturated rings. The number of fused-ring (bicyclic) bond motifs is 1. The highest BCUT2D eigenvalue weighted by Crippen LogP contribution is 2.38. The zero-order valence-corrected chi connectivity index (χ0v) is 19.3. The molecule has 4 rings (SSSR count). The van der Waals surface area contributed by atoms with E-state index in [9.17, 15) is 13.6 Å². The van der Waals surface area contributed by atoms with Crippen LogP contribution in [0.25, 0.3) is 11.1 Å². The second-order valence-corrected chi connectivity index (χ2v) is 8.79. The van der Waals surface area contributed by atoms with Crippen molar-refractivity contribution in [2.45, 2.75) is 59.4 Å². The molecule has 3 aromatic rings. The van der Waals surface area contributed by atoms with Gasteiger partial charge in [-0.05, 0) is 74.4 Å². The van der Waals surface area contributed by atoms with Crippen LogP contribution in [0.2, 0.25) is 0 Å². The summed E-state index contributed by atoms with van der Waals surface area (Å²) in [6.45, 7) is 5.23. The number of hydrogen-bond donors (Lipinski definition) is 1. The number of alkyl halides is 2. The van der Waals surface area contributed by atoms with E-state index in [1.54, 1.807) is 13.8 Å². The predicted octanol–water partition coefficient (Wildman–Crippen LogP) is 5.91. The lowest BCUT2D eigenvalue weighted by atomic mass is 9.89. The Morgan fingerprint density at radius 1 is 1.15 bits per heavy atom. The van der Waals surface area contributed by atoms with Crippen molar-refractivity contribution >= 4 is 5.97 Å². The number of rotatable bonds is 7. The van der Waals surface area contributed by atoms with Crippen LogP contribution in [-0.4, -0.2) is 27.5 Å². The van der Waals surface area contributed by atoms with Gasteiger partial charge < -0.3 is 9.84 Å². The third-order valence-electron chi connectivity index (χ3n) is 6.61. The number of carbonyl (C=O) groups is 1. The highest BCUT2D eigenvalue weighted by molar-refractivity contribution is 5.76. The van der Waals surface area contributed by atoms with Gasteiger partial charge in [0, 0.05) is 22.7 Å². The van der Waals surface area contributed by atoms with E-state index in [0.29, 0.717) is 18.0 Å². The predicted molar refractivity (Wildman–Crippen MR) is 122 cm³/mol. The Labute approximate surface area is 192 Å². The van der Waals surface area contributed by atoms with Crippen molar-refractivity contribution < 1.29 is 23.4 Å². The monoisotopic (exact) mass is 454 g/mol. The number of carboxylic acids is 1. The van der Waals surface area contributed by atoms with Gasteiger partial charge in [-0.2, -0.15) is 13.9 Å². The molecule has 0 saturated heterocycles. The van der Waals surface area contributed by atoms with Crippen molar-refractivity contribution in [3.8, 4) is 16.9 Å². The lowest BCUT2D eigenvalue weighted by Crippen LogP contribution is -2.07. The highest BCUT2D eigenvalue weighted by atomic mass is 19.3. The van der Waals surface area contributed by atoms with Gasteiger partial charge in [-0.1, -0.05) is 24.3 Å². The zero-order chi connectivity index (χ0) is 23.9. The van der Waals surface area contributed by atoms with E-state index in [-0.39, 0.29) is 12.3 Å². The van der Waals surface area contributed by atoms with Crippen LogP contribution in [0, 0.1) is 27.7 Å². The van der Waals surface area contributed by atoms with Crippen molar-refractivity contribution in [1.82, 2.24) is 9.78 Å².